The molecule has 1 amide bonds. The Morgan fingerprint density at radius 1 is 1.23 bits per heavy atom. The van der Waals surface area contributed by atoms with Crippen LogP contribution in [-0.4, -0.2) is 62.7 Å². The fraction of sp³-hybridized carbons (Fsp3) is 0.739. The van der Waals surface area contributed by atoms with Crippen LogP contribution < -0.4 is 10.6 Å². The zero-order valence-corrected chi connectivity index (χ0v) is 18.4. The van der Waals surface area contributed by atoms with E-state index in [2.05, 4.69) is 10.6 Å². The number of amides is 1. The van der Waals surface area contributed by atoms with Crippen molar-refractivity contribution in [3.8, 4) is 0 Å². The van der Waals surface area contributed by atoms with Crippen molar-refractivity contribution in [1.82, 2.24) is 15.5 Å². The van der Waals surface area contributed by atoms with Crippen LogP contribution in [0.1, 0.15) is 57.1 Å². The van der Waals surface area contributed by atoms with Crippen molar-refractivity contribution in [2.75, 3.05) is 39.9 Å². The van der Waals surface area contributed by atoms with Crippen molar-refractivity contribution in [2.24, 2.45) is 10.9 Å². The minimum Gasteiger partial charge on any atom is -0.469 e. The van der Waals surface area contributed by atoms with Gasteiger partial charge in [-0.25, -0.2) is 0 Å². The third-order valence-electron chi connectivity index (χ3n) is 6.18. The summed E-state index contributed by atoms with van der Waals surface area (Å²) in [6, 6.07) is 4.27. The molecule has 168 valence electrons. The van der Waals surface area contributed by atoms with Crippen LogP contribution in [-0.2, 0) is 16.0 Å². The van der Waals surface area contributed by atoms with Gasteiger partial charge in [0.1, 0.15) is 5.76 Å². The van der Waals surface area contributed by atoms with Crippen LogP contribution in [0, 0.1) is 5.92 Å². The Bertz CT molecular complexity index is 633. The van der Waals surface area contributed by atoms with E-state index in [1.165, 1.54) is 32.1 Å². The van der Waals surface area contributed by atoms with E-state index in [1.54, 1.807) is 13.4 Å². The van der Waals surface area contributed by atoms with E-state index in [-0.39, 0.29) is 5.91 Å². The van der Waals surface area contributed by atoms with Gasteiger partial charge in [-0.1, -0.05) is 19.3 Å². The standard InChI is InChI=1S/C23H38N4O3/c1-29-17-12-22(28)27-14-10-20(11-15-27)26-23(24-13-9-21-8-5-16-30-21)25-18-19-6-3-2-4-7-19/h5,8,16,19-20H,2-4,6-7,9-15,17-18H2,1H3,(H2,24,25,26). The van der Waals surface area contributed by atoms with Crippen LogP contribution in [0.5, 0.6) is 0 Å². The maximum Gasteiger partial charge on any atom is 0.224 e. The van der Waals surface area contributed by atoms with Gasteiger partial charge in [0.15, 0.2) is 5.96 Å². The molecular formula is C23H38N4O3. The summed E-state index contributed by atoms with van der Waals surface area (Å²) < 4.78 is 10.5. The fourth-order valence-corrected chi connectivity index (χ4v) is 4.32. The highest BCUT2D eigenvalue weighted by Crippen LogP contribution is 2.23. The van der Waals surface area contributed by atoms with E-state index in [9.17, 15) is 4.79 Å². The van der Waals surface area contributed by atoms with E-state index in [1.807, 2.05) is 17.0 Å². The Hall–Kier alpha value is -2.02. The number of aliphatic imine (C=N–C) groups is 1. The lowest BCUT2D eigenvalue weighted by Gasteiger charge is -2.33. The number of hydrogen-bond acceptors (Lipinski definition) is 4. The Kier molecular flexibility index (Phi) is 9.54. The number of methoxy groups -OCH3 is 1. The van der Waals surface area contributed by atoms with E-state index in [0.29, 0.717) is 25.0 Å². The maximum absolute atomic E-state index is 12.2. The van der Waals surface area contributed by atoms with Crippen LogP contribution in [0.4, 0.5) is 0 Å². The van der Waals surface area contributed by atoms with Gasteiger partial charge in [0.05, 0.1) is 19.3 Å². The highest BCUT2D eigenvalue weighted by atomic mass is 16.5. The van der Waals surface area contributed by atoms with Gasteiger partial charge >= 0.3 is 0 Å². The number of hydrogen-bond donors (Lipinski definition) is 2. The lowest BCUT2D eigenvalue weighted by atomic mass is 9.89. The summed E-state index contributed by atoms with van der Waals surface area (Å²) in [5.41, 5.74) is 0. The van der Waals surface area contributed by atoms with Gasteiger partial charge in [0, 0.05) is 45.8 Å². The van der Waals surface area contributed by atoms with Crippen LogP contribution in [0.15, 0.2) is 27.8 Å². The zero-order chi connectivity index (χ0) is 21.0. The van der Waals surface area contributed by atoms with Crippen molar-refractivity contribution in [3.05, 3.63) is 24.2 Å². The molecule has 0 atom stereocenters. The molecule has 0 unspecified atom stereocenters. The number of furan rings is 1. The molecule has 0 bridgehead atoms. The van der Waals surface area contributed by atoms with Gasteiger partial charge in [-0.3, -0.25) is 9.79 Å². The molecule has 2 heterocycles. The van der Waals surface area contributed by atoms with E-state index >= 15 is 0 Å². The van der Waals surface area contributed by atoms with Crippen LogP contribution in [0.3, 0.4) is 0 Å². The van der Waals surface area contributed by atoms with Gasteiger partial charge in [-0.2, -0.15) is 0 Å². The molecule has 3 rings (SSSR count). The highest BCUT2D eigenvalue weighted by Gasteiger charge is 2.23. The van der Waals surface area contributed by atoms with Crippen LogP contribution >= 0.6 is 0 Å². The number of guanidine groups is 1. The first-order chi connectivity index (χ1) is 14.7. The van der Waals surface area contributed by atoms with Crippen LogP contribution in [0.25, 0.3) is 0 Å². The molecular weight excluding hydrogens is 380 g/mol. The molecule has 7 nitrogen and oxygen atoms in total. The molecule has 1 saturated carbocycles. The average Bonchev–Trinajstić information content (AvgIpc) is 3.30. The molecule has 7 heteroatoms. The molecule has 1 aliphatic carbocycles. The van der Waals surface area contributed by atoms with Crippen molar-refractivity contribution in [3.63, 3.8) is 0 Å². The molecule has 2 aliphatic rings. The van der Waals surface area contributed by atoms with Crippen molar-refractivity contribution in [1.29, 1.82) is 0 Å². The number of carbonyl (C=O) groups excluding carboxylic acids is 1. The number of nitrogens with one attached hydrogen (secondary N) is 2. The van der Waals surface area contributed by atoms with Crippen LogP contribution in [0.2, 0.25) is 0 Å². The Morgan fingerprint density at radius 2 is 2.03 bits per heavy atom. The summed E-state index contributed by atoms with van der Waals surface area (Å²) >= 11 is 0. The first-order valence-electron chi connectivity index (χ1n) is 11.6. The number of carbonyl (C=O) groups is 1. The third-order valence-corrected chi connectivity index (χ3v) is 6.18. The number of rotatable bonds is 9. The molecule has 2 N–H and O–H groups in total. The number of nitrogens with zero attached hydrogens (tertiary/aromatic N) is 2. The summed E-state index contributed by atoms with van der Waals surface area (Å²) in [4.78, 5) is 19.1. The average molecular weight is 419 g/mol. The molecule has 1 aromatic heterocycles. The second-order valence-electron chi connectivity index (χ2n) is 8.49. The fourth-order valence-electron chi connectivity index (χ4n) is 4.32. The van der Waals surface area contributed by atoms with Crippen molar-refractivity contribution in [2.45, 2.75) is 63.8 Å². The van der Waals surface area contributed by atoms with E-state index in [4.69, 9.17) is 14.1 Å². The summed E-state index contributed by atoms with van der Waals surface area (Å²) in [7, 11) is 1.64. The number of ether oxygens (including phenoxy) is 1. The summed E-state index contributed by atoms with van der Waals surface area (Å²) in [5.74, 6) is 2.79. The monoisotopic (exact) mass is 418 g/mol. The van der Waals surface area contributed by atoms with Gasteiger partial charge in [0.2, 0.25) is 5.91 Å². The summed E-state index contributed by atoms with van der Waals surface area (Å²) in [6.07, 6.45) is 11.6. The Balaban J connectivity index is 1.47. The number of piperidine rings is 1. The SMILES string of the molecule is COCCC(=O)N1CCC(NC(=NCC2CCCCC2)NCCc2ccco2)CC1. The molecule has 1 aliphatic heterocycles. The Morgan fingerprint density at radius 3 is 2.73 bits per heavy atom. The maximum atomic E-state index is 12.2. The predicted octanol–water partition coefficient (Wildman–Crippen LogP) is 2.97. The van der Waals surface area contributed by atoms with Crippen molar-refractivity contribution >= 4 is 11.9 Å². The van der Waals surface area contributed by atoms with Gasteiger partial charge in [-0.05, 0) is 43.7 Å². The minimum atomic E-state index is 0.193. The third kappa shape index (κ3) is 7.67. The lowest BCUT2D eigenvalue weighted by Crippen LogP contribution is -2.50. The molecule has 1 aromatic rings. The molecule has 0 spiro atoms. The lowest BCUT2D eigenvalue weighted by molar-refractivity contribution is -0.133. The summed E-state index contributed by atoms with van der Waals surface area (Å²) in [6.45, 7) is 3.77. The predicted molar refractivity (Wildman–Crippen MR) is 119 cm³/mol. The topological polar surface area (TPSA) is 79.1 Å². The molecule has 1 saturated heterocycles. The van der Waals surface area contributed by atoms with E-state index in [0.717, 1.165) is 57.2 Å². The molecule has 0 aromatic carbocycles. The minimum absolute atomic E-state index is 0.193. The smallest absolute Gasteiger partial charge is 0.224 e. The number of likely N-dealkylation sites (tertiary alicyclic amines) is 1. The zero-order valence-electron chi connectivity index (χ0n) is 18.4. The van der Waals surface area contributed by atoms with E-state index < -0.39 is 0 Å². The highest BCUT2D eigenvalue weighted by molar-refractivity contribution is 5.80. The quantitative estimate of drug-likeness (QED) is 0.476. The second kappa shape index (κ2) is 12.6. The normalized spacial score (nSPS) is 19.1. The Labute approximate surface area is 180 Å². The largest absolute Gasteiger partial charge is 0.469 e. The first-order valence-corrected chi connectivity index (χ1v) is 11.6. The van der Waals surface area contributed by atoms with Crippen molar-refractivity contribution < 1.29 is 13.9 Å². The van der Waals surface area contributed by atoms with Gasteiger partial charge in [0.25, 0.3) is 0 Å². The van der Waals surface area contributed by atoms with Gasteiger partial charge < -0.3 is 24.7 Å². The molecule has 30 heavy (non-hydrogen) atoms. The molecule has 0 radical (unpaired) electrons. The molecule has 2 fully saturated rings. The second-order valence-corrected chi connectivity index (χ2v) is 8.49. The first kappa shape index (κ1) is 22.7. The van der Waals surface area contributed by atoms with Gasteiger partial charge in [-0.15, -0.1) is 0 Å². The summed E-state index contributed by atoms with van der Waals surface area (Å²) in [5, 5.41) is 7.11.